The van der Waals surface area contributed by atoms with Crippen LogP contribution in [0.15, 0.2) is 42.6 Å². The quantitative estimate of drug-likeness (QED) is 0.216. The average molecular weight is 770 g/mol. The molecule has 2 aliphatic heterocycles. The highest BCUT2D eigenvalue weighted by molar-refractivity contribution is 6.07. The highest BCUT2D eigenvalue weighted by atomic mass is 19.4. The zero-order chi connectivity index (χ0) is 39.7. The Hall–Kier alpha value is -5.67. The summed E-state index contributed by atoms with van der Waals surface area (Å²) < 4.78 is 44.0. The molecule has 6 heterocycles. The maximum absolute atomic E-state index is 14.7. The Bertz CT molecular complexity index is 2440. The number of anilines is 1. The maximum atomic E-state index is 14.7. The number of nitrogens with one attached hydrogen (secondary N) is 2. The van der Waals surface area contributed by atoms with Crippen LogP contribution in [0.3, 0.4) is 0 Å². The average Bonchev–Trinajstić information content (AvgIpc) is 3.52. The second-order valence-corrected chi connectivity index (χ2v) is 15.5. The lowest BCUT2D eigenvalue weighted by molar-refractivity contribution is -0.141. The summed E-state index contributed by atoms with van der Waals surface area (Å²) in [6.07, 6.45) is 1.47. The first-order chi connectivity index (χ1) is 26.6. The summed E-state index contributed by atoms with van der Waals surface area (Å²) in [5, 5.41) is 15.4. The molecular weight excluding hydrogens is 727 g/mol. The predicted molar refractivity (Wildman–Crippen MR) is 199 cm³/mol. The first-order valence-corrected chi connectivity index (χ1v) is 19.0. The molecule has 3 amide bonds. The van der Waals surface area contributed by atoms with Crippen molar-refractivity contribution in [1.82, 2.24) is 39.6 Å². The number of ketones is 1. The number of aryl methyl sites for hydroxylation is 3. The molecule has 4 aromatic heterocycles. The molecule has 1 saturated heterocycles. The Kier molecular flexibility index (Phi) is 9.19. The van der Waals surface area contributed by atoms with E-state index in [9.17, 15) is 32.3 Å². The second-order valence-electron chi connectivity index (χ2n) is 15.5. The minimum Gasteiger partial charge on any atom is -0.355 e. The van der Waals surface area contributed by atoms with E-state index < -0.39 is 41.2 Å². The van der Waals surface area contributed by atoms with Crippen LogP contribution >= 0.6 is 0 Å². The highest BCUT2D eigenvalue weighted by Crippen LogP contribution is 2.64. The van der Waals surface area contributed by atoms with Gasteiger partial charge >= 0.3 is 6.18 Å². The monoisotopic (exact) mass is 769 g/mol. The van der Waals surface area contributed by atoms with Gasteiger partial charge in [0.15, 0.2) is 11.4 Å². The van der Waals surface area contributed by atoms with Crippen LogP contribution in [0, 0.1) is 25.2 Å². The number of amides is 3. The molecule has 292 valence electrons. The smallest absolute Gasteiger partial charge is 0.355 e. The van der Waals surface area contributed by atoms with Gasteiger partial charge in [0.05, 0.1) is 5.52 Å². The number of halogens is 3. The number of rotatable bonds is 4. The van der Waals surface area contributed by atoms with Gasteiger partial charge in [0.1, 0.15) is 35.6 Å². The van der Waals surface area contributed by atoms with Gasteiger partial charge in [-0.1, -0.05) is 25.8 Å². The Morgan fingerprint density at radius 3 is 2.48 bits per heavy atom. The van der Waals surface area contributed by atoms with Gasteiger partial charge in [-0.3, -0.25) is 23.9 Å². The van der Waals surface area contributed by atoms with Gasteiger partial charge in [-0.2, -0.15) is 23.4 Å². The van der Waals surface area contributed by atoms with E-state index in [1.807, 2.05) is 44.3 Å². The molecule has 16 heteroatoms. The van der Waals surface area contributed by atoms with Crippen LogP contribution in [0.4, 0.5) is 19.0 Å². The van der Waals surface area contributed by atoms with Crippen molar-refractivity contribution in [2.75, 3.05) is 11.9 Å². The van der Waals surface area contributed by atoms with E-state index in [2.05, 4.69) is 25.7 Å². The standard InChI is InChI=1S/C40H42F3N9O4/c1-21-11-13-30(40(41,42)43)46-37(21)47-38(56)29-17-39-20-44-32(54)10-8-6-5-7-9-25-15-27(26-12-14-31-45-24(4)48-50(31)18-26)16-28-34(23(3)53)49-51(35(25)28)19-33(55)52(29)36(39)22(39)2/h11-16,18,22,29,36H,5-10,17,19-20H2,1-4H3,(H,44,54)(H,46,47,56)/t22?,29-,36?,39+/m0/s1. The normalized spacial score (nSPS) is 23.2. The fourth-order valence-corrected chi connectivity index (χ4v) is 8.87. The molecule has 2 unspecified atom stereocenters. The van der Waals surface area contributed by atoms with Crippen molar-refractivity contribution in [3.8, 4) is 11.1 Å². The van der Waals surface area contributed by atoms with Crippen molar-refractivity contribution in [1.29, 1.82) is 0 Å². The second kappa shape index (κ2) is 13.8. The van der Waals surface area contributed by atoms with E-state index in [1.54, 1.807) is 9.20 Å². The molecule has 0 radical (unpaired) electrons. The molecule has 1 aliphatic carbocycles. The maximum Gasteiger partial charge on any atom is 0.433 e. The van der Waals surface area contributed by atoms with E-state index in [1.165, 1.54) is 24.8 Å². The molecule has 1 saturated carbocycles. The van der Waals surface area contributed by atoms with Gasteiger partial charge in [0, 0.05) is 48.5 Å². The molecule has 2 bridgehead atoms. The molecule has 0 spiro atoms. The number of aromatic nitrogens is 6. The van der Waals surface area contributed by atoms with Crippen LogP contribution in [0.1, 0.15) is 85.5 Å². The summed E-state index contributed by atoms with van der Waals surface area (Å²) in [5.74, 6) is -1.18. The van der Waals surface area contributed by atoms with Crippen molar-refractivity contribution in [3.05, 3.63) is 70.9 Å². The first-order valence-electron chi connectivity index (χ1n) is 19.0. The number of alkyl halides is 3. The SMILES string of the molecule is CC(=O)c1nn2c3c(cc(-c4ccc5nc(C)nn5c4)cc13)CCCCCCC(=O)NC[C@@]13C[C@@H](C(=O)Nc4nc(C(F)(F)F)ccc4C)N(C(=O)C2)C1C3C. The van der Waals surface area contributed by atoms with Gasteiger partial charge in [-0.05, 0) is 92.5 Å². The molecule has 13 nitrogen and oxygen atoms in total. The topological polar surface area (TPSA) is 156 Å². The summed E-state index contributed by atoms with van der Waals surface area (Å²) in [6.45, 7) is 6.71. The van der Waals surface area contributed by atoms with Crippen molar-refractivity contribution in [2.45, 2.75) is 97.4 Å². The molecule has 1 aromatic carbocycles. The number of benzene rings is 1. The summed E-state index contributed by atoms with van der Waals surface area (Å²) >= 11 is 0. The molecular formula is C40H42F3N9O4. The van der Waals surface area contributed by atoms with Crippen LogP contribution in [-0.2, 0) is 33.5 Å². The van der Waals surface area contributed by atoms with Crippen molar-refractivity contribution in [2.24, 2.45) is 11.3 Å². The molecule has 4 atom stereocenters. The Morgan fingerprint density at radius 2 is 1.73 bits per heavy atom. The lowest BCUT2D eigenvalue weighted by Crippen LogP contribution is -2.47. The van der Waals surface area contributed by atoms with Crippen LogP contribution in [-0.4, -0.2) is 76.4 Å². The van der Waals surface area contributed by atoms with Crippen LogP contribution < -0.4 is 10.6 Å². The molecule has 56 heavy (non-hydrogen) atoms. The van der Waals surface area contributed by atoms with E-state index in [0.29, 0.717) is 47.2 Å². The lowest BCUT2D eigenvalue weighted by atomic mass is 9.95. The van der Waals surface area contributed by atoms with Gasteiger partial charge in [-0.15, -0.1) is 0 Å². The van der Waals surface area contributed by atoms with E-state index in [-0.39, 0.29) is 48.6 Å². The largest absolute Gasteiger partial charge is 0.433 e. The number of fused-ring (bicyclic) bond motifs is 1. The number of pyridine rings is 2. The number of Topliss-reactive ketones (excluding diaryl/α,β-unsaturated/α-hetero) is 1. The van der Waals surface area contributed by atoms with E-state index in [4.69, 9.17) is 5.10 Å². The minimum absolute atomic E-state index is 0.0746. The number of carbonyl (C=O) groups is 4. The fraction of sp³-hybridized carbons (Fsp3) is 0.450. The molecule has 8 rings (SSSR count). The van der Waals surface area contributed by atoms with Crippen LogP contribution in [0.2, 0.25) is 0 Å². The van der Waals surface area contributed by atoms with Gasteiger partial charge in [0.2, 0.25) is 17.7 Å². The number of piperidine rings is 1. The zero-order valence-corrected chi connectivity index (χ0v) is 31.5. The van der Waals surface area contributed by atoms with Crippen molar-refractivity contribution >= 4 is 45.9 Å². The summed E-state index contributed by atoms with van der Waals surface area (Å²) in [7, 11) is 0. The number of hydrogen-bond donors (Lipinski definition) is 2. The van der Waals surface area contributed by atoms with Crippen LogP contribution in [0.5, 0.6) is 0 Å². The summed E-state index contributed by atoms with van der Waals surface area (Å²) in [6, 6.07) is 8.37. The Labute approximate surface area is 320 Å². The Balaban J connectivity index is 1.20. The lowest BCUT2D eigenvalue weighted by Gasteiger charge is -2.28. The summed E-state index contributed by atoms with van der Waals surface area (Å²) in [5.41, 5.74) is 2.69. The predicted octanol–water partition coefficient (Wildman–Crippen LogP) is 5.85. The highest BCUT2D eigenvalue weighted by Gasteiger charge is 2.72. The molecule has 3 aliphatic rings. The first kappa shape index (κ1) is 37.3. The third-order valence-electron chi connectivity index (χ3n) is 11.8. The minimum atomic E-state index is -4.73. The molecule has 2 N–H and O–H groups in total. The Morgan fingerprint density at radius 1 is 0.964 bits per heavy atom. The van der Waals surface area contributed by atoms with Gasteiger partial charge in [0.25, 0.3) is 0 Å². The van der Waals surface area contributed by atoms with Crippen molar-refractivity contribution < 1.29 is 32.3 Å². The number of carbonyl (C=O) groups excluding carboxylic acids is 4. The van der Waals surface area contributed by atoms with Gasteiger partial charge in [-0.25, -0.2) is 14.5 Å². The van der Waals surface area contributed by atoms with E-state index >= 15 is 0 Å². The third-order valence-corrected chi connectivity index (χ3v) is 11.8. The fourth-order valence-electron chi connectivity index (χ4n) is 8.87. The molecule has 5 aromatic rings. The van der Waals surface area contributed by atoms with Crippen LogP contribution in [0.25, 0.3) is 27.7 Å². The van der Waals surface area contributed by atoms with E-state index in [0.717, 1.165) is 42.0 Å². The number of nitrogens with zero attached hydrogens (tertiary/aromatic N) is 7. The van der Waals surface area contributed by atoms with Gasteiger partial charge < -0.3 is 15.5 Å². The summed E-state index contributed by atoms with van der Waals surface area (Å²) in [4.78, 5) is 64.5. The zero-order valence-electron chi connectivity index (χ0n) is 31.5. The van der Waals surface area contributed by atoms with Crippen molar-refractivity contribution in [3.63, 3.8) is 0 Å². The third kappa shape index (κ3) is 6.57. The molecule has 2 fully saturated rings. The number of hydrogen-bond acceptors (Lipinski definition) is 8.